The molecule has 0 fully saturated rings. The second kappa shape index (κ2) is 7.69. The number of nitrogens with zero attached hydrogens (tertiary/aromatic N) is 4. The van der Waals surface area contributed by atoms with E-state index in [9.17, 15) is 9.59 Å². The quantitative estimate of drug-likeness (QED) is 0.447. The number of amides is 1. The number of aromatic amines is 1. The van der Waals surface area contributed by atoms with E-state index in [1.54, 1.807) is 36.0 Å². The number of hydrogen-bond acceptors (Lipinski definition) is 5. The van der Waals surface area contributed by atoms with Crippen LogP contribution in [0.25, 0.3) is 16.6 Å². The van der Waals surface area contributed by atoms with Gasteiger partial charge in [0.05, 0.1) is 24.2 Å². The molecule has 0 saturated heterocycles. The highest BCUT2D eigenvalue weighted by Gasteiger charge is 2.24. The zero-order valence-electron chi connectivity index (χ0n) is 17.4. The number of rotatable bonds is 5. The Hall–Kier alpha value is -4.40. The summed E-state index contributed by atoms with van der Waals surface area (Å²) >= 11 is 0. The van der Waals surface area contributed by atoms with E-state index < -0.39 is 6.04 Å². The zero-order chi connectivity index (χ0) is 22.2. The third-order valence-corrected chi connectivity index (χ3v) is 5.46. The molecule has 2 N–H and O–H groups in total. The Morgan fingerprint density at radius 3 is 2.66 bits per heavy atom. The van der Waals surface area contributed by atoms with Crippen LogP contribution < -0.4 is 15.6 Å². The highest BCUT2D eigenvalue weighted by atomic mass is 16.5. The van der Waals surface area contributed by atoms with E-state index in [-0.39, 0.29) is 17.0 Å². The van der Waals surface area contributed by atoms with Gasteiger partial charge in [-0.2, -0.15) is 5.10 Å². The summed E-state index contributed by atoms with van der Waals surface area (Å²) in [6.45, 7) is 0. The summed E-state index contributed by atoms with van der Waals surface area (Å²) in [5.74, 6) is 0.999. The fourth-order valence-corrected chi connectivity index (χ4v) is 3.80. The van der Waals surface area contributed by atoms with E-state index in [1.807, 2.05) is 48.1 Å². The minimum Gasteiger partial charge on any atom is -0.497 e. The number of carbonyl (C=O) groups excluding carboxylic acids is 1. The second-order valence-electron chi connectivity index (χ2n) is 7.37. The van der Waals surface area contributed by atoms with Crippen molar-refractivity contribution in [2.24, 2.45) is 7.05 Å². The maximum Gasteiger partial charge on any atom is 0.259 e. The van der Waals surface area contributed by atoms with Crippen LogP contribution in [0.1, 0.15) is 27.8 Å². The molecular formula is C23H20N6O3. The molecule has 5 aromatic rings. The molecule has 160 valence electrons. The second-order valence-corrected chi connectivity index (χ2v) is 7.37. The first-order valence-corrected chi connectivity index (χ1v) is 9.97. The van der Waals surface area contributed by atoms with E-state index in [0.717, 1.165) is 5.56 Å². The number of aromatic nitrogens is 5. The fraction of sp³-hybridized carbons (Fsp3) is 0.130. The van der Waals surface area contributed by atoms with Crippen LogP contribution in [0.4, 0.5) is 0 Å². The van der Waals surface area contributed by atoms with Gasteiger partial charge >= 0.3 is 0 Å². The van der Waals surface area contributed by atoms with Gasteiger partial charge in [0.2, 0.25) is 0 Å². The van der Waals surface area contributed by atoms with Crippen molar-refractivity contribution >= 4 is 22.5 Å². The van der Waals surface area contributed by atoms with Crippen LogP contribution in [0.15, 0.2) is 71.9 Å². The smallest absolute Gasteiger partial charge is 0.259 e. The summed E-state index contributed by atoms with van der Waals surface area (Å²) < 4.78 is 8.66. The van der Waals surface area contributed by atoms with Crippen molar-refractivity contribution in [3.05, 3.63) is 94.4 Å². The first-order chi connectivity index (χ1) is 15.6. The van der Waals surface area contributed by atoms with Gasteiger partial charge in [0, 0.05) is 19.4 Å². The highest BCUT2D eigenvalue weighted by molar-refractivity contribution is 6.01. The van der Waals surface area contributed by atoms with Gasteiger partial charge in [0.1, 0.15) is 28.8 Å². The van der Waals surface area contributed by atoms with E-state index in [0.29, 0.717) is 28.1 Å². The SMILES string of the molecule is COc1ccc(C(NC(=O)c2cnn3c2[nH]c(=O)c2ccccc23)c2nccn2C)cc1. The Balaban J connectivity index is 1.57. The molecule has 1 atom stereocenters. The van der Waals surface area contributed by atoms with Gasteiger partial charge in [0.15, 0.2) is 0 Å². The summed E-state index contributed by atoms with van der Waals surface area (Å²) in [4.78, 5) is 33.1. The first kappa shape index (κ1) is 19.6. The summed E-state index contributed by atoms with van der Waals surface area (Å²) in [6, 6.07) is 14.0. The maximum absolute atomic E-state index is 13.3. The number of H-pyrrole nitrogens is 1. The van der Waals surface area contributed by atoms with Gasteiger partial charge in [-0.15, -0.1) is 0 Å². The molecule has 5 rings (SSSR count). The number of aryl methyl sites for hydroxylation is 1. The normalized spacial score (nSPS) is 12.2. The lowest BCUT2D eigenvalue weighted by Gasteiger charge is -2.19. The number of hydrogen-bond donors (Lipinski definition) is 2. The molecular weight excluding hydrogens is 408 g/mol. The monoisotopic (exact) mass is 428 g/mol. The van der Waals surface area contributed by atoms with Gasteiger partial charge in [-0.1, -0.05) is 24.3 Å². The summed E-state index contributed by atoms with van der Waals surface area (Å²) in [6.07, 6.45) is 4.95. The number of ether oxygens (including phenoxy) is 1. The molecule has 3 aromatic heterocycles. The van der Waals surface area contributed by atoms with Gasteiger partial charge in [-0.05, 0) is 29.8 Å². The average molecular weight is 428 g/mol. The molecule has 0 aliphatic carbocycles. The van der Waals surface area contributed by atoms with Gasteiger partial charge < -0.3 is 19.6 Å². The number of para-hydroxylation sites is 1. The van der Waals surface area contributed by atoms with Gasteiger partial charge in [-0.3, -0.25) is 9.59 Å². The van der Waals surface area contributed by atoms with Crippen LogP contribution >= 0.6 is 0 Å². The van der Waals surface area contributed by atoms with Crippen molar-refractivity contribution in [3.63, 3.8) is 0 Å². The molecule has 2 aromatic carbocycles. The van der Waals surface area contributed by atoms with Crippen LogP contribution in [0.2, 0.25) is 0 Å². The van der Waals surface area contributed by atoms with Crippen LogP contribution in [-0.4, -0.2) is 37.2 Å². The Morgan fingerprint density at radius 1 is 1.16 bits per heavy atom. The number of carbonyl (C=O) groups is 1. The molecule has 9 heteroatoms. The average Bonchev–Trinajstić information content (AvgIpc) is 3.44. The number of methoxy groups -OCH3 is 1. The topological polar surface area (TPSA) is 106 Å². The number of fused-ring (bicyclic) bond motifs is 3. The molecule has 9 nitrogen and oxygen atoms in total. The first-order valence-electron chi connectivity index (χ1n) is 9.97. The number of nitrogens with one attached hydrogen (secondary N) is 2. The molecule has 0 spiro atoms. The third kappa shape index (κ3) is 3.20. The maximum atomic E-state index is 13.3. The lowest BCUT2D eigenvalue weighted by Crippen LogP contribution is -2.31. The van der Waals surface area contributed by atoms with Gasteiger partial charge in [0.25, 0.3) is 11.5 Å². The predicted octanol–water partition coefficient (Wildman–Crippen LogP) is 2.44. The lowest BCUT2D eigenvalue weighted by atomic mass is 10.1. The van der Waals surface area contributed by atoms with Gasteiger partial charge in [-0.25, -0.2) is 9.50 Å². The summed E-state index contributed by atoms with van der Waals surface area (Å²) in [7, 11) is 3.46. The Labute approximate surface area is 182 Å². The molecule has 1 amide bonds. The van der Waals surface area contributed by atoms with Crippen molar-refractivity contribution < 1.29 is 9.53 Å². The van der Waals surface area contributed by atoms with Crippen molar-refractivity contribution in [1.29, 1.82) is 0 Å². The summed E-state index contributed by atoms with van der Waals surface area (Å²) in [5.41, 5.74) is 1.78. The molecule has 1 unspecified atom stereocenters. The third-order valence-electron chi connectivity index (χ3n) is 5.46. The van der Waals surface area contributed by atoms with E-state index in [4.69, 9.17) is 4.74 Å². The molecule has 0 saturated carbocycles. The van der Waals surface area contributed by atoms with E-state index in [1.165, 1.54) is 6.20 Å². The van der Waals surface area contributed by atoms with Crippen molar-refractivity contribution in [2.45, 2.75) is 6.04 Å². The van der Waals surface area contributed by atoms with Crippen LogP contribution in [0, 0.1) is 0 Å². The van der Waals surface area contributed by atoms with E-state index >= 15 is 0 Å². The van der Waals surface area contributed by atoms with Crippen molar-refractivity contribution in [1.82, 2.24) is 29.5 Å². The lowest BCUT2D eigenvalue weighted by molar-refractivity contribution is 0.0942. The van der Waals surface area contributed by atoms with Crippen LogP contribution in [-0.2, 0) is 7.05 Å². The minimum atomic E-state index is -0.518. The van der Waals surface area contributed by atoms with Crippen LogP contribution in [0.5, 0.6) is 5.75 Å². The molecule has 32 heavy (non-hydrogen) atoms. The largest absolute Gasteiger partial charge is 0.497 e. The highest BCUT2D eigenvalue weighted by Crippen LogP contribution is 2.24. The standard InChI is InChI=1S/C23H20N6O3/c1-28-12-11-24-21(28)19(14-7-9-15(32-2)10-8-14)26-23(31)17-13-25-29-18-6-4-3-5-16(18)22(30)27-20(17)29/h3-13,19H,1-2H3,(H,26,31)(H,27,30). The van der Waals surface area contributed by atoms with Crippen molar-refractivity contribution in [3.8, 4) is 5.75 Å². The molecule has 3 heterocycles. The summed E-state index contributed by atoms with van der Waals surface area (Å²) in [5, 5.41) is 7.88. The fourth-order valence-electron chi connectivity index (χ4n) is 3.80. The molecule has 0 radical (unpaired) electrons. The molecule has 0 aliphatic rings. The Morgan fingerprint density at radius 2 is 1.94 bits per heavy atom. The van der Waals surface area contributed by atoms with Crippen LogP contribution in [0.3, 0.4) is 0 Å². The van der Waals surface area contributed by atoms with Crippen molar-refractivity contribution in [2.75, 3.05) is 7.11 Å². The Bertz CT molecular complexity index is 1500. The molecule has 0 bridgehead atoms. The molecule has 0 aliphatic heterocycles. The minimum absolute atomic E-state index is 0.264. The Kier molecular flexibility index (Phi) is 4.70. The zero-order valence-corrected chi connectivity index (χ0v) is 17.4. The predicted molar refractivity (Wildman–Crippen MR) is 119 cm³/mol. The van der Waals surface area contributed by atoms with E-state index in [2.05, 4.69) is 20.4 Å². The number of benzene rings is 2. The number of imidazole rings is 1.